The minimum Gasteiger partial charge on any atom is -0.390 e. The van der Waals surface area contributed by atoms with Crippen molar-refractivity contribution in [2.45, 2.75) is 31.0 Å². The minimum atomic E-state index is -5.92. The van der Waals surface area contributed by atoms with Crippen LogP contribution >= 0.6 is 15.6 Å². The number of nitrogen functional groups attached to an aromatic ring is 1. The highest BCUT2D eigenvalue weighted by molar-refractivity contribution is 7.60. The first kappa shape index (κ1) is 21.0. The molecule has 0 saturated carbocycles. The van der Waals surface area contributed by atoms with E-state index in [9.17, 15) is 27.8 Å². The van der Waals surface area contributed by atoms with E-state index in [4.69, 9.17) is 25.2 Å². The van der Waals surface area contributed by atoms with Gasteiger partial charge in [-0.05, 0) is 6.07 Å². The number of hydrogen-bond donors (Lipinski definition) is 5. The molecule has 2 rings (SSSR count). The van der Waals surface area contributed by atoms with Gasteiger partial charge < -0.3 is 30.3 Å². The summed E-state index contributed by atoms with van der Waals surface area (Å²) in [4.78, 5) is 40.8. The summed E-state index contributed by atoms with van der Waals surface area (Å²) >= 11 is 0. The molecule has 0 aliphatic carbocycles. The molecule has 26 heavy (non-hydrogen) atoms. The number of hydrogen-bond acceptors (Lipinski definition) is 9. The van der Waals surface area contributed by atoms with E-state index in [0.717, 1.165) is 16.8 Å². The Morgan fingerprint density at radius 3 is 2.54 bits per heavy atom. The molecule has 1 aliphatic rings. The number of rotatable bonds is 6. The van der Waals surface area contributed by atoms with Crippen molar-refractivity contribution in [3.63, 3.8) is 0 Å². The number of aromatic nitrogens is 2. The SMILES string of the molecule is Nc1ccn([C@H]2C[C@H](O)[C@@H](C(F)(F)OP(=O)(O)OP(=O)(O)O)O2)c(=O)n1. The van der Waals surface area contributed by atoms with E-state index < -0.39 is 52.3 Å². The lowest BCUT2D eigenvalue weighted by Gasteiger charge is -2.26. The average molecular weight is 423 g/mol. The molecule has 1 aromatic rings. The molecule has 4 atom stereocenters. The molecule has 13 nitrogen and oxygen atoms in total. The number of nitrogens with two attached hydrogens (primary N) is 1. The van der Waals surface area contributed by atoms with Crippen molar-refractivity contribution in [1.82, 2.24) is 9.55 Å². The molecule has 1 fully saturated rings. The summed E-state index contributed by atoms with van der Waals surface area (Å²) in [6.45, 7) is 0. The molecule has 0 spiro atoms. The van der Waals surface area contributed by atoms with Gasteiger partial charge in [0.25, 0.3) is 0 Å². The zero-order chi connectivity index (χ0) is 19.9. The number of phosphoric acid groups is 2. The van der Waals surface area contributed by atoms with Crippen LogP contribution in [0.15, 0.2) is 17.1 Å². The maximum Gasteiger partial charge on any atom is 0.485 e. The van der Waals surface area contributed by atoms with E-state index >= 15 is 0 Å². The number of anilines is 1. The van der Waals surface area contributed by atoms with E-state index in [-0.39, 0.29) is 5.82 Å². The number of alkyl halides is 2. The van der Waals surface area contributed by atoms with Crippen LogP contribution < -0.4 is 11.4 Å². The third-order valence-electron chi connectivity index (χ3n) is 3.04. The monoisotopic (exact) mass is 423 g/mol. The van der Waals surface area contributed by atoms with Crippen LogP contribution in [0.2, 0.25) is 0 Å². The number of nitrogens with zero attached hydrogens (tertiary/aromatic N) is 2. The fourth-order valence-electron chi connectivity index (χ4n) is 2.13. The van der Waals surface area contributed by atoms with Crippen LogP contribution in [0.25, 0.3) is 0 Å². The Balaban J connectivity index is 2.18. The zero-order valence-electron chi connectivity index (χ0n) is 12.5. The first-order chi connectivity index (χ1) is 11.7. The van der Waals surface area contributed by atoms with Gasteiger partial charge in [-0.2, -0.15) is 18.1 Å². The maximum absolute atomic E-state index is 14.0. The second kappa shape index (κ2) is 7.03. The third-order valence-corrected chi connectivity index (χ3v) is 5.19. The quantitative estimate of drug-likeness (QED) is 0.360. The van der Waals surface area contributed by atoms with E-state index in [0.29, 0.717) is 0 Å². The van der Waals surface area contributed by atoms with Crippen LogP contribution in [0.3, 0.4) is 0 Å². The Kier molecular flexibility index (Phi) is 5.69. The van der Waals surface area contributed by atoms with Gasteiger partial charge in [-0.15, -0.1) is 0 Å². The van der Waals surface area contributed by atoms with E-state index in [1.807, 2.05) is 0 Å². The summed E-state index contributed by atoms with van der Waals surface area (Å²) in [6, 6.07) is 1.16. The number of ether oxygens (including phenoxy) is 1. The van der Waals surface area contributed by atoms with Crippen molar-refractivity contribution in [2.24, 2.45) is 0 Å². The van der Waals surface area contributed by atoms with Crippen molar-refractivity contribution >= 4 is 21.5 Å². The van der Waals surface area contributed by atoms with E-state index in [1.54, 1.807) is 0 Å². The molecule has 1 aromatic heterocycles. The maximum atomic E-state index is 14.0. The number of halogens is 2. The van der Waals surface area contributed by atoms with E-state index in [1.165, 1.54) is 0 Å². The molecule has 1 saturated heterocycles. The molecule has 2 heterocycles. The number of phosphoric ester groups is 1. The van der Waals surface area contributed by atoms with Crippen molar-refractivity contribution in [3.05, 3.63) is 22.7 Å². The van der Waals surface area contributed by atoms with Crippen LogP contribution in [0.4, 0.5) is 14.6 Å². The first-order valence-electron chi connectivity index (χ1n) is 6.57. The standard InChI is InChI=1S/C9H13F2N3O10P2/c10-9(11,23-26(20,21)24-25(17,18)19)7-4(15)3-6(22-7)14-2-1-5(12)13-8(14)16/h1-2,4,6-7,15H,3H2,(H,20,21)(H2,12,13,16)(H2,17,18,19)/t4-,6+,7-/m0/s1. The van der Waals surface area contributed by atoms with Gasteiger partial charge in [-0.25, -0.2) is 18.4 Å². The van der Waals surface area contributed by atoms with Crippen molar-refractivity contribution in [3.8, 4) is 0 Å². The van der Waals surface area contributed by atoms with Gasteiger partial charge in [0.2, 0.25) is 0 Å². The van der Waals surface area contributed by atoms with Gasteiger partial charge >= 0.3 is 27.4 Å². The summed E-state index contributed by atoms with van der Waals surface area (Å²) in [5, 5.41) is 9.72. The lowest BCUT2D eigenvalue weighted by molar-refractivity contribution is -0.271. The summed E-state index contributed by atoms with van der Waals surface area (Å²) in [5.74, 6) is -0.147. The molecular weight excluding hydrogens is 410 g/mol. The summed E-state index contributed by atoms with van der Waals surface area (Å²) in [5.41, 5.74) is 4.31. The van der Waals surface area contributed by atoms with Gasteiger partial charge in [0.1, 0.15) is 12.0 Å². The highest BCUT2D eigenvalue weighted by Gasteiger charge is 2.56. The molecule has 1 unspecified atom stereocenters. The minimum absolute atomic E-state index is 0.147. The second-order valence-corrected chi connectivity index (χ2v) is 7.80. The van der Waals surface area contributed by atoms with Gasteiger partial charge in [0.05, 0.1) is 6.10 Å². The van der Waals surface area contributed by atoms with Crippen LogP contribution in [0.5, 0.6) is 0 Å². The molecule has 0 bridgehead atoms. The van der Waals surface area contributed by atoms with Crippen LogP contribution in [-0.2, 0) is 22.7 Å². The fourth-order valence-corrected chi connectivity index (χ4v) is 3.75. The van der Waals surface area contributed by atoms with Gasteiger partial charge in [-0.3, -0.25) is 4.57 Å². The van der Waals surface area contributed by atoms with Gasteiger partial charge in [0.15, 0.2) is 6.10 Å². The largest absolute Gasteiger partial charge is 0.485 e. The second-order valence-electron chi connectivity index (χ2n) is 5.05. The predicted molar refractivity (Wildman–Crippen MR) is 76.4 cm³/mol. The van der Waals surface area contributed by atoms with Gasteiger partial charge in [-0.1, -0.05) is 0 Å². The summed E-state index contributed by atoms with van der Waals surface area (Å²) < 4.78 is 62.0. The predicted octanol–water partition coefficient (Wildman–Crippen LogP) is -0.707. The number of aliphatic hydroxyl groups excluding tert-OH is 1. The van der Waals surface area contributed by atoms with Gasteiger partial charge in [0, 0.05) is 12.6 Å². The Morgan fingerprint density at radius 1 is 1.38 bits per heavy atom. The third kappa shape index (κ3) is 5.13. The zero-order valence-corrected chi connectivity index (χ0v) is 14.2. The van der Waals surface area contributed by atoms with Crippen molar-refractivity contribution < 1.29 is 51.3 Å². The Bertz CT molecular complexity index is 828. The van der Waals surface area contributed by atoms with Crippen LogP contribution in [0, 0.1) is 0 Å². The van der Waals surface area contributed by atoms with Crippen molar-refractivity contribution in [2.75, 3.05) is 5.73 Å². The normalized spacial score (nSPS) is 26.6. The Hall–Kier alpha value is -1.28. The van der Waals surface area contributed by atoms with Crippen molar-refractivity contribution in [1.29, 1.82) is 0 Å². The smallest absolute Gasteiger partial charge is 0.390 e. The Labute approximate surface area is 142 Å². The fraction of sp³-hybridized carbons (Fsp3) is 0.556. The first-order valence-corrected chi connectivity index (χ1v) is 9.59. The average Bonchev–Trinajstić information content (AvgIpc) is 2.76. The molecule has 0 amide bonds. The Morgan fingerprint density at radius 2 is 2.00 bits per heavy atom. The van der Waals surface area contributed by atoms with Crippen LogP contribution in [0.1, 0.15) is 12.6 Å². The van der Waals surface area contributed by atoms with Crippen LogP contribution in [-0.4, -0.2) is 47.7 Å². The topological polar surface area (TPSA) is 204 Å². The molecule has 6 N–H and O–H groups in total. The highest BCUT2D eigenvalue weighted by atomic mass is 31.3. The molecule has 17 heteroatoms. The molecule has 0 aromatic carbocycles. The summed E-state index contributed by atoms with van der Waals surface area (Å²) in [7, 11) is -11.6. The molecule has 148 valence electrons. The molecule has 1 aliphatic heterocycles. The lowest BCUT2D eigenvalue weighted by Crippen LogP contribution is -2.42. The summed E-state index contributed by atoms with van der Waals surface area (Å²) in [6.07, 6.45) is -10.2. The van der Waals surface area contributed by atoms with E-state index in [2.05, 4.69) is 13.8 Å². The molecular formula is C9H13F2N3O10P2. The molecule has 0 radical (unpaired) electrons. The highest BCUT2D eigenvalue weighted by Crippen LogP contribution is 2.60. The number of aliphatic hydroxyl groups is 1. The lowest BCUT2D eigenvalue weighted by atomic mass is 10.1.